The molecule has 4 aromatic rings. The highest BCUT2D eigenvalue weighted by Gasteiger charge is 2.41. The van der Waals surface area contributed by atoms with Crippen molar-refractivity contribution in [2.45, 2.75) is 77.3 Å². The van der Waals surface area contributed by atoms with Gasteiger partial charge in [-0.05, 0) is 87.1 Å². The van der Waals surface area contributed by atoms with Gasteiger partial charge in [-0.2, -0.15) is 0 Å². The second-order valence-corrected chi connectivity index (χ2v) is 17.4. The Morgan fingerprint density at radius 3 is 1.33 bits per heavy atom. The number of anilines is 4. The molecule has 8 heterocycles. The Labute approximate surface area is 385 Å². The summed E-state index contributed by atoms with van der Waals surface area (Å²) >= 11 is 0. The lowest BCUT2D eigenvalue weighted by Crippen LogP contribution is -2.40. The number of fused-ring (bicyclic) bond motifs is 6. The van der Waals surface area contributed by atoms with Gasteiger partial charge in [0.1, 0.15) is 11.6 Å². The molecule has 2 aromatic heterocycles. The second-order valence-electron chi connectivity index (χ2n) is 17.4. The lowest BCUT2D eigenvalue weighted by molar-refractivity contribution is -0.130. The quantitative estimate of drug-likeness (QED) is 0.157. The molecule has 0 spiro atoms. The molecule has 348 valence electrons. The lowest BCUT2D eigenvalue weighted by Gasteiger charge is -2.36. The fourth-order valence-corrected chi connectivity index (χ4v) is 9.63. The first-order valence-corrected chi connectivity index (χ1v) is 23.6. The zero-order valence-corrected chi connectivity index (χ0v) is 37.9. The van der Waals surface area contributed by atoms with Crippen molar-refractivity contribution < 1.29 is 28.7 Å². The summed E-state index contributed by atoms with van der Waals surface area (Å²) in [5.74, 6) is 3.68. The van der Waals surface area contributed by atoms with Crippen LogP contribution in [-0.4, -0.2) is 132 Å². The number of rotatable bonds is 10. The van der Waals surface area contributed by atoms with Gasteiger partial charge in [0.05, 0.1) is 49.9 Å². The van der Waals surface area contributed by atoms with Crippen LogP contribution in [0.3, 0.4) is 0 Å². The van der Waals surface area contributed by atoms with Gasteiger partial charge >= 0.3 is 12.1 Å². The molecule has 4 saturated heterocycles. The number of nitrogens with zero attached hydrogens (tertiary/aromatic N) is 8. The molecule has 10 rings (SSSR count). The fraction of sp³-hybridized carbons (Fsp3) is 0.500. The molecule has 18 heteroatoms. The first kappa shape index (κ1) is 44.8. The summed E-state index contributed by atoms with van der Waals surface area (Å²) in [5.41, 5.74) is 7.50. The van der Waals surface area contributed by atoms with Crippen LogP contribution in [0, 0.1) is 0 Å². The third kappa shape index (κ3) is 9.75. The van der Waals surface area contributed by atoms with Crippen LogP contribution < -0.4 is 31.1 Å². The summed E-state index contributed by atoms with van der Waals surface area (Å²) in [4.78, 5) is 77.1. The second kappa shape index (κ2) is 20.4. The average Bonchev–Trinajstić information content (AvgIpc) is 3.94. The van der Waals surface area contributed by atoms with Gasteiger partial charge in [-0.25, -0.2) is 29.5 Å². The molecular formula is C48H60N12O6. The molecular weight excluding hydrogens is 841 g/mol. The normalized spacial score (nSPS) is 19.8. The van der Waals surface area contributed by atoms with Crippen LogP contribution in [0.15, 0.2) is 48.5 Å². The third-order valence-electron chi connectivity index (χ3n) is 13.0. The Morgan fingerprint density at radius 1 is 0.561 bits per heavy atom. The minimum absolute atomic E-state index is 0.0333. The predicted octanol–water partition coefficient (Wildman–Crippen LogP) is 5.46. The number of nitrogens with one attached hydrogen (secondary N) is 4. The topological polar surface area (TPSA) is 199 Å². The summed E-state index contributed by atoms with van der Waals surface area (Å²) in [6.45, 7) is 12.7. The van der Waals surface area contributed by atoms with Gasteiger partial charge in [0.15, 0.2) is 11.6 Å². The van der Waals surface area contributed by atoms with Crippen LogP contribution >= 0.6 is 0 Å². The van der Waals surface area contributed by atoms with Gasteiger partial charge in [-0.1, -0.05) is 13.8 Å². The monoisotopic (exact) mass is 900 g/mol. The van der Waals surface area contributed by atoms with E-state index in [-0.39, 0.29) is 36.0 Å². The molecule has 18 nitrogen and oxygen atoms in total. The molecule has 4 fully saturated rings. The Morgan fingerprint density at radius 2 is 0.955 bits per heavy atom. The van der Waals surface area contributed by atoms with Gasteiger partial charge in [-0.3, -0.25) is 9.59 Å². The minimum Gasteiger partial charge on any atom is -0.378 e. The number of carbonyl (C=O) groups excluding carboxylic acids is 4. The summed E-state index contributed by atoms with van der Waals surface area (Å²) in [5, 5.41) is 11.3. The average molecular weight is 901 g/mol. The van der Waals surface area contributed by atoms with E-state index < -0.39 is 0 Å². The highest BCUT2D eigenvalue weighted by molar-refractivity contribution is 5.90. The van der Waals surface area contributed by atoms with E-state index in [0.717, 1.165) is 112 Å². The van der Waals surface area contributed by atoms with Gasteiger partial charge in [0, 0.05) is 98.8 Å². The first-order valence-electron chi connectivity index (χ1n) is 23.6. The Kier molecular flexibility index (Phi) is 13.8. The third-order valence-corrected chi connectivity index (χ3v) is 13.0. The van der Waals surface area contributed by atoms with E-state index in [0.29, 0.717) is 75.4 Å². The number of ether oxygens (including phenoxy) is 2. The van der Waals surface area contributed by atoms with Gasteiger partial charge in [0.25, 0.3) is 0 Å². The number of carbonyl (C=O) groups is 4. The van der Waals surface area contributed by atoms with Crippen LogP contribution in [-0.2, 0) is 31.9 Å². The molecule has 2 atom stereocenters. The van der Waals surface area contributed by atoms with Gasteiger partial charge in [-0.15, -0.1) is 0 Å². The molecule has 6 amide bonds. The summed E-state index contributed by atoms with van der Waals surface area (Å²) < 4.78 is 11.1. The summed E-state index contributed by atoms with van der Waals surface area (Å²) in [7, 11) is 0. The number of hydrogen-bond acceptors (Lipinski definition) is 12. The van der Waals surface area contributed by atoms with E-state index in [1.807, 2.05) is 72.2 Å². The number of aromatic nitrogens is 4. The zero-order valence-electron chi connectivity index (χ0n) is 37.9. The summed E-state index contributed by atoms with van der Waals surface area (Å²) in [6.07, 6.45) is 6.10. The largest absolute Gasteiger partial charge is 0.378 e. The van der Waals surface area contributed by atoms with E-state index in [9.17, 15) is 19.2 Å². The van der Waals surface area contributed by atoms with E-state index in [2.05, 4.69) is 31.1 Å². The lowest BCUT2D eigenvalue weighted by atomic mass is 9.97. The Bertz CT molecular complexity index is 2240. The maximum atomic E-state index is 12.4. The van der Waals surface area contributed by atoms with Crippen molar-refractivity contribution >= 4 is 46.9 Å². The first-order chi connectivity index (χ1) is 32.3. The van der Waals surface area contributed by atoms with Crippen molar-refractivity contribution in [3.05, 3.63) is 71.0 Å². The van der Waals surface area contributed by atoms with Crippen LogP contribution in [0.25, 0.3) is 22.8 Å². The highest BCUT2D eigenvalue weighted by atomic mass is 16.5. The van der Waals surface area contributed by atoms with Gasteiger partial charge < -0.3 is 50.3 Å². The van der Waals surface area contributed by atoms with Crippen LogP contribution in [0.1, 0.15) is 87.0 Å². The number of morpholine rings is 2. The fourth-order valence-electron chi connectivity index (χ4n) is 9.63. The van der Waals surface area contributed by atoms with Crippen LogP contribution in [0.4, 0.5) is 32.6 Å². The standard InChI is InChI=1S/2C24H30N6O3/c2*1-2-10-25-24(32)26-17-5-3-16(4-6-17)22-27-21-18(9-11-30-19(21)7-8-20(30)31)23(28-22)29-12-14-33-15-13-29/h2*3-6,19H,2,7-15H2,1H3,(H2,25,26,32). The molecule has 4 N–H and O–H groups in total. The van der Waals surface area contributed by atoms with E-state index in [1.54, 1.807) is 0 Å². The molecule has 2 unspecified atom stereocenters. The Balaban J connectivity index is 0.000000166. The minimum atomic E-state index is -0.213. The molecule has 0 radical (unpaired) electrons. The molecule has 0 saturated carbocycles. The van der Waals surface area contributed by atoms with Crippen LogP contribution in [0.5, 0.6) is 0 Å². The zero-order chi connectivity index (χ0) is 45.6. The van der Waals surface area contributed by atoms with E-state index in [1.165, 1.54) is 11.1 Å². The number of amides is 6. The van der Waals surface area contributed by atoms with Crippen molar-refractivity contribution in [2.75, 3.05) is 99.2 Å². The summed E-state index contributed by atoms with van der Waals surface area (Å²) in [6, 6.07) is 14.8. The molecule has 0 aliphatic carbocycles. The SMILES string of the molecule is CCCNC(=O)Nc1ccc(-c2nc3c(c(N4CCOCC4)n2)CCN2C(=O)CCC32)cc1.CCCNC(=O)Nc1ccc(-c2nc3c(c(N4CCOCC4)n2)CCN2C(=O)CCC32)cc1. The molecule has 6 aliphatic heterocycles. The molecule has 66 heavy (non-hydrogen) atoms. The van der Waals surface area contributed by atoms with E-state index in [4.69, 9.17) is 29.4 Å². The molecule has 2 aromatic carbocycles. The number of urea groups is 2. The van der Waals surface area contributed by atoms with Crippen molar-refractivity contribution in [1.82, 2.24) is 40.4 Å². The maximum absolute atomic E-state index is 12.4. The highest BCUT2D eigenvalue weighted by Crippen LogP contribution is 2.43. The maximum Gasteiger partial charge on any atom is 0.319 e. The molecule has 6 aliphatic rings. The van der Waals surface area contributed by atoms with Crippen molar-refractivity contribution in [3.8, 4) is 22.8 Å². The number of benzene rings is 2. The van der Waals surface area contributed by atoms with Gasteiger partial charge in [0.2, 0.25) is 11.8 Å². The van der Waals surface area contributed by atoms with Crippen molar-refractivity contribution in [1.29, 1.82) is 0 Å². The van der Waals surface area contributed by atoms with Crippen LogP contribution in [0.2, 0.25) is 0 Å². The van der Waals surface area contributed by atoms with Crippen molar-refractivity contribution in [2.24, 2.45) is 0 Å². The predicted molar refractivity (Wildman–Crippen MR) is 250 cm³/mol. The van der Waals surface area contributed by atoms with Crippen molar-refractivity contribution in [3.63, 3.8) is 0 Å². The Hall–Kier alpha value is -6.40. The van der Waals surface area contributed by atoms with E-state index >= 15 is 0 Å². The molecule has 0 bridgehead atoms. The smallest absolute Gasteiger partial charge is 0.319 e. The number of hydrogen-bond donors (Lipinski definition) is 4.